The summed E-state index contributed by atoms with van der Waals surface area (Å²) in [5.41, 5.74) is 1.21. The molecule has 0 unspecified atom stereocenters. The Morgan fingerprint density at radius 2 is 1.89 bits per heavy atom. The highest BCUT2D eigenvalue weighted by Crippen LogP contribution is 2.31. The van der Waals surface area contributed by atoms with Gasteiger partial charge in [-0.2, -0.15) is 4.98 Å². The number of benzene rings is 2. The molecule has 146 valence electrons. The highest BCUT2D eigenvalue weighted by molar-refractivity contribution is 6.36. The second kappa shape index (κ2) is 8.95. The number of nitrogens with zero attached hydrogens (tertiary/aromatic N) is 2. The average molecular weight is 422 g/mol. The number of ether oxygens (including phenoxy) is 2. The summed E-state index contributed by atoms with van der Waals surface area (Å²) in [6.07, 6.45) is 0.448. The number of carbonyl (C=O) groups excluding carboxylic acids is 1. The van der Waals surface area contributed by atoms with E-state index in [2.05, 4.69) is 15.5 Å². The number of aromatic nitrogens is 2. The first-order valence-electron chi connectivity index (χ1n) is 8.30. The quantitative estimate of drug-likeness (QED) is 0.598. The molecule has 0 fully saturated rings. The van der Waals surface area contributed by atoms with Gasteiger partial charge < -0.3 is 19.3 Å². The van der Waals surface area contributed by atoms with Gasteiger partial charge in [-0.3, -0.25) is 4.79 Å². The zero-order valence-electron chi connectivity index (χ0n) is 15.2. The normalized spacial score (nSPS) is 10.6. The van der Waals surface area contributed by atoms with Crippen molar-refractivity contribution in [2.24, 2.45) is 0 Å². The standard InChI is InChI=1S/C19H17Cl2N3O4/c1-26-15-6-3-11(9-16(15)27-2)19-23-18(28-24-19)8-7-17(25)22-14-5-4-12(20)10-13(14)21/h3-6,9-10H,7-8H2,1-2H3,(H,22,25). The van der Waals surface area contributed by atoms with Crippen molar-refractivity contribution in [1.82, 2.24) is 10.1 Å². The van der Waals surface area contributed by atoms with Gasteiger partial charge in [0.2, 0.25) is 17.6 Å². The fourth-order valence-electron chi connectivity index (χ4n) is 2.47. The van der Waals surface area contributed by atoms with Crippen molar-refractivity contribution >= 4 is 34.8 Å². The Morgan fingerprint density at radius 3 is 2.61 bits per heavy atom. The second-order valence-corrected chi connectivity index (χ2v) is 6.60. The maximum absolute atomic E-state index is 12.1. The van der Waals surface area contributed by atoms with Crippen molar-refractivity contribution < 1.29 is 18.8 Å². The Morgan fingerprint density at radius 1 is 1.11 bits per heavy atom. The third kappa shape index (κ3) is 4.74. The van der Waals surface area contributed by atoms with E-state index in [1.807, 2.05) is 0 Å². The van der Waals surface area contributed by atoms with Gasteiger partial charge in [0.1, 0.15) is 0 Å². The van der Waals surface area contributed by atoms with E-state index in [9.17, 15) is 4.79 Å². The SMILES string of the molecule is COc1ccc(-c2noc(CCC(=O)Nc3ccc(Cl)cc3Cl)n2)cc1OC. The van der Waals surface area contributed by atoms with Crippen LogP contribution in [0.3, 0.4) is 0 Å². The van der Waals surface area contributed by atoms with E-state index in [-0.39, 0.29) is 18.7 Å². The van der Waals surface area contributed by atoms with Crippen LogP contribution in [0.5, 0.6) is 11.5 Å². The number of anilines is 1. The van der Waals surface area contributed by atoms with Crippen LogP contribution in [0, 0.1) is 0 Å². The molecule has 1 amide bonds. The van der Waals surface area contributed by atoms with Crippen LogP contribution in [0.1, 0.15) is 12.3 Å². The van der Waals surface area contributed by atoms with Gasteiger partial charge in [-0.1, -0.05) is 28.4 Å². The van der Waals surface area contributed by atoms with Crippen LogP contribution in [-0.2, 0) is 11.2 Å². The summed E-state index contributed by atoms with van der Waals surface area (Å²) < 4.78 is 15.7. The molecular weight excluding hydrogens is 405 g/mol. The van der Waals surface area contributed by atoms with Crippen LogP contribution in [0.4, 0.5) is 5.69 Å². The van der Waals surface area contributed by atoms with Gasteiger partial charge in [0.15, 0.2) is 11.5 Å². The number of aryl methyl sites for hydroxylation is 1. The summed E-state index contributed by atoms with van der Waals surface area (Å²) in [5.74, 6) is 1.69. The van der Waals surface area contributed by atoms with Crippen molar-refractivity contribution in [3.05, 3.63) is 52.3 Å². The molecule has 0 radical (unpaired) electrons. The minimum Gasteiger partial charge on any atom is -0.493 e. The fourth-order valence-corrected chi connectivity index (χ4v) is 2.93. The van der Waals surface area contributed by atoms with Gasteiger partial charge in [-0.25, -0.2) is 0 Å². The van der Waals surface area contributed by atoms with Crippen LogP contribution < -0.4 is 14.8 Å². The van der Waals surface area contributed by atoms with Crippen molar-refractivity contribution in [3.63, 3.8) is 0 Å². The van der Waals surface area contributed by atoms with Gasteiger partial charge in [-0.15, -0.1) is 0 Å². The third-order valence-electron chi connectivity index (χ3n) is 3.88. The van der Waals surface area contributed by atoms with Gasteiger partial charge in [0, 0.05) is 23.4 Å². The third-order valence-corrected chi connectivity index (χ3v) is 4.43. The monoisotopic (exact) mass is 421 g/mol. The molecule has 1 N–H and O–H groups in total. The molecule has 0 saturated heterocycles. The maximum Gasteiger partial charge on any atom is 0.227 e. The van der Waals surface area contributed by atoms with Gasteiger partial charge in [-0.05, 0) is 36.4 Å². The Balaban J connectivity index is 1.62. The molecule has 3 aromatic rings. The molecule has 3 rings (SSSR count). The molecule has 0 aliphatic carbocycles. The molecule has 0 saturated carbocycles. The number of rotatable bonds is 7. The van der Waals surface area contributed by atoms with Crippen LogP contribution in [0.15, 0.2) is 40.9 Å². The zero-order valence-corrected chi connectivity index (χ0v) is 16.7. The zero-order chi connectivity index (χ0) is 20.1. The van der Waals surface area contributed by atoms with E-state index in [0.717, 1.165) is 0 Å². The number of amides is 1. The lowest BCUT2D eigenvalue weighted by atomic mass is 10.2. The van der Waals surface area contributed by atoms with Gasteiger partial charge >= 0.3 is 0 Å². The number of nitrogens with one attached hydrogen (secondary N) is 1. The molecule has 0 aliphatic rings. The van der Waals surface area contributed by atoms with Crippen molar-refractivity contribution in [2.75, 3.05) is 19.5 Å². The molecule has 0 aliphatic heterocycles. The van der Waals surface area contributed by atoms with Crippen LogP contribution in [0.2, 0.25) is 10.0 Å². The smallest absolute Gasteiger partial charge is 0.227 e. The van der Waals surface area contributed by atoms with Crippen molar-refractivity contribution in [3.8, 4) is 22.9 Å². The topological polar surface area (TPSA) is 86.5 Å². The first-order chi connectivity index (χ1) is 13.5. The van der Waals surface area contributed by atoms with Crippen LogP contribution >= 0.6 is 23.2 Å². The lowest BCUT2D eigenvalue weighted by Crippen LogP contribution is -2.12. The molecule has 0 spiro atoms. The maximum atomic E-state index is 12.1. The number of methoxy groups -OCH3 is 2. The molecule has 0 atom stereocenters. The second-order valence-electron chi connectivity index (χ2n) is 5.75. The van der Waals surface area contributed by atoms with E-state index in [0.29, 0.717) is 44.5 Å². The fraction of sp³-hybridized carbons (Fsp3) is 0.211. The molecule has 2 aromatic carbocycles. The predicted molar refractivity (Wildman–Crippen MR) is 106 cm³/mol. The lowest BCUT2D eigenvalue weighted by molar-refractivity contribution is -0.116. The number of hydrogen-bond donors (Lipinski definition) is 1. The van der Waals surface area contributed by atoms with E-state index < -0.39 is 0 Å². The predicted octanol–water partition coefficient (Wildman–Crippen LogP) is 4.63. The molecule has 1 aromatic heterocycles. The van der Waals surface area contributed by atoms with E-state index in [4.69, 9.17) is 37.2 Å². The number of carbonyl (C=O) groups is 1. The minimum absolute atomic E-state index is 0.159. The summed E-state index contributed by atoms with van der Waals surface area (Å²) in [7, 11) is 3.11. The Kier molecular flexibility index (Phi) is 6.38. The summed E-state index contributed by atoms with van der Waals surface area (Å²) in [5, 5.41) is 7.54. The van der Waals surface area contributed by atoms with Crippen molar-refractivity contribution in [1.29, 1.82) is 0 Å². The molecule has 28 heavy (non-hydrogen) atoms. The Bertz CT molecular complexity index is 991. The molecule has 0 bridgehead atoms. The molecule has 7 nitrogen and oxygen atoms in total. The number of halogens is 2. The Hall–Kier alpha value is -2.77. The van der Waals surface area contributed by atoms with E-state index in [1.54, 1.807) is 50.6 Å². The van der Waals surface area contributed by atoms with Gasteiger partial charge in [0.25, 0.3) is 0 Å². The Labute approximate surface area is 171 Å². The molecular formula is C19H17Cl2N3O4. The largest absolute Gasteiger partial charge is 0.493 e. The summed E-state index contributed by atoms with van der Waals surface area (Å²) in [6.45, 7) is 0. The highest BCUT2D eigenvalue weighted by atomic mass is 35.5. The minimum atomic E-state index is -0.227. The summed E-state index contributed by atoms with van der Waals surface area (Å²) in [6, 6.07) is 10.2. The summed E-state index contributed by atoms with van der Waals surface area (Å²) in [4.78, 5) is 16.5. The first-order valence-corrected chi connectivity index (χ1v) is 9.05. The molecule has 1 heterocycles. The van der Waals surface area contributed by atoms with Gasteiger partial charge in [0.05, 0.1) is 24.9 Å². The van der Waals surface area contributed by atoms with Crippen LogP contribution in [0.25, 0.3) is 11.4 Å². The first kappa shape index (κ1) is 20.0. The number of hydrogen-bond acceptors (Lipinski definition) is 6. The van der Waals surface area contributed by atoms with E-state index >= 15 is 0 Å². The van der Waals surface area contributed by atoms with Crippen molar-refractivity contribution in [2.45, 2.75) is 12.8 Å². The average Bonchev–Trinajstić information content (AvgIpc) is 3.17. The highest BCUT2D eigenvalue weighted by Gasteiger charge is 2.14. The van der Waals surface area contributed by atoms with E-state index in [1.165, 1.54) is 0 Å². The lowest BCUT2D eigenvalue weighted by Gasteiger charge is -2.07. The summed E-state index contributed by atoms with van der Waals surface area (Å²) >= 11 is 11.9. The molecule has 9 heteroatoms. The van der Waals surface area contributed by atoms with Crippen LogP contribution in [-0.4, -0.2) is 30.3 Å².